The molecule has 3 rings (SSSR count). The van der Waals surface area contributed by atoms with E-state index in [9.17, 15) is 0 Å². The van der Waals surface area contributed by atoms with Crippen LogP contribution in [0, 0.1) is 6.92 Å². The summed E-state index contributed by atoms with van der Waals surface area (Å²) < 4.78 is 5.30. The van der Waals surface area contributed by atoms with Gasteiger partial charge in [0.1, 0.15) is 5.69 Å². The molecule has 0 saturated carbocycles. The molecule has 0 fully saturated rings. The van der Waals surface area contributed by atoms with Gasteiger partial charge in [-0.3, -0.25) is 9.98 Å². The lowest BCUT2D eigenvalue weighted by Crippen LogP contribution is -2.38. The number of halogens is 1. The Labute approximate surface area is 188 Å². The molecular weight excluding hydrogens is 479 g/mol. The lowest BCUT2D eigenvalue weighted by Gasteiger charge is -2.23. The summed E-state index contributed by atoms with van der Waals surface area (Å²) in [5, 5.41) is 7.37. The first-order chi connectivity index (χ1) is 13.7. The lowest BCUT2D eigenvalue weighted by molar-refractivity contribution is 0.421. The van der Waals surface area contributed by atoms with Gasteiger partial charge in [-0.05, 0) is 37.1 Å². The van der Waals surface area contributed by atoms with Crippen LogP contribution in [0.3, 0.4) is 0 Å². The Balaban J connectivity index is 0.00000300. The summed E-state index contributed by atoms with van der Waals surface area (Å²) in [4.78, 5) is 15.5. The van der Waals surface area contributed by atoms with Crippen molar-refractivity contribution in [2.45, 2.75) is 26.8 Å². The minimum absolute atomic E-state index is 0. The first kappa shape index (κ1) is 22.8. The average Bonchev–Trinajstić information content (AvgIpc) is 3.19. The Kier molecular flexibility index (Phi) is 9.04. The van der Waals surface area contributed by atoms with Crippen LogP contribution in [0.4, 0.5) is 0 Å². The summed E-state index contributed by atoms with van der Waals surface area (Å²) in [5.74, 6) is 1.92. The molecular formula is C21H27IN6O. The Morgan fingerprint density at radius 3 is 2.69 bits per heavy atom. The van der Waals surface area contributed by atoms with E-state index in [0.717, 1.165) is 19.0 Å². The molecule has 0 aliphatic rings. The molecule has 2 heterocycles. The van der Waals surface area contributed by atoms with Crippen molar-refractivity contribution in [2.75, 3.05) is 20.1 Å². The SMILES string of the molecule is CCNC(=NCCc1noc(-c2ccccn2)n1)N(C)Cc1ccccc1C.I. The molecule has 8 heteroatoms. The van der Waals surface area contributed by atoms with Crippen LogP contribution >= 0.6 is 24.0 Å². The number of aliphatic imine (C=N–C) groups is 1. The second kappa shape index (κ2) is 11.5. The number of rotatable bonds is 7. The predicted molar refractivity (Wildman–Crippen MR) is 125 cm³/mol. The van der Waals surface area contributed by atoms with E-state index < -0.39 is 0 Å². The average molecular weight is 506 g/mol. The minimum Gasteiger partial charge on any atom is -0.357 e. The van der Waals surface area contributed by atoms with E-state index in [1.54, 1.807) is 6.20 Å². The topological polar surface area (TPSA) is 79.4 Å². The molecule has 0 unspecified atom stereocenters. The van der Waals surface area contributed by atoms with E-state index in [1.807, 2.05) is 25.2 Å². The number of nitrogens with one attached hydrogen (secondary N) is 1. The van der Waals surface area contributed by atoms with Crippen molar-refractivity contribution < 1.29 is 4.52 Å². The van der Waals surface area contributed by atoms with Gasteiger partial charge in [-0.1, -0.05) is 35.5 Å². The van der Waals surface area contributed by atoms with Crippen LogP contribution in [-0.2, 0) is 13.0 Å². The maximum Gasteiger partial charge on any atom is 0.276 e. The van der Waals surface area contributed by atoms with Crippen LogP contribution in [0.5, 0.6) is 0 Å². The molecule has 0 bridgehead atoms. The summed E-state index contributed by atoms with van der Waals surface area (Å²) in [6.45, 7) is 6.37. The van der Waals surface area contributed by atoms with E-state index in [1.165, 1.54) is 11.1 Å². The van der Waals surface area contributed by atoms with Crippen molar-refractivity contribution in [1.29, 1.82) is 0 Å². The van der Waals surface area contributed by atoms with Crippen molar-refractivity contribution >= 4 is 29.9 Å². The van der Waals surface area contributed by atoms with Crippen molar-refractivity contribution in [2.24, 2.45) is 4.99 Å². The monoisotopic (exact) mass is 506 g/mol. The maximum absolute atomic E-state index is 5.30. The Morgan fingerprint density at radius 2 is 1.97 bits per heavy atom. The summed E-state index contributed by atoms with van der Waals surface area (Å²) in [6.07, 6.45) is 2.31. The lowest BCUT2D eigenvalue weighted by atomic mass is 10.1. The van der Waals surface area contributed by atoms with Crippen molar-refractivity contribution in [3.05, 3.63) is 65.6 Å². The zero-order chi connectivity index (χ0) is 19.8. The smallest absolute Gasteiger partial charge is 0.276 e. The van der Waals surface area contributed by atoms with Gasteiger partial charge in [0.25, 0.3) is 5.89 Å². The minimum atomic E-state index is 0. The normalized spacial score (nSPS) is 11.1. The van der Waals surface area contributed by atoms with Gasteiger partial charge >= 0.3 is 0 Å². The molecule has 7 nitrogen and oxygen atoms in total. The molecule has 0 aliphatic carbocycles. The number of hydrogen-bond acceptors (Lipinski definition) is 5. The molecule has 1 aromatic carbocycles. The van der Waals surface area contributed by atoms with Crippen LogP contribution in [0.1, 0.15) is 23.9 Å². The summed E-state index contributed by atoms with van der Waals surface area (Å²) >= 11 is 0. The number of pyridine rings is 1. The Bertz CT molecular complexity index is 912. The molecule has 154 valence electrons. The third kappa shape index (κ3) is 6.52. The molecule has 0 aliphatic heterocycles. The molecule has 0 amide bonds. The zero-order valence-electron chi connectivity index (χ0n) is 17.0. The first-order valence-corrected chi connectivity index (χ1v) is 9.45. The van der Waals surface area contributed by atoms with Crippen LogP contribution in [0.25, 0.3) is 11.6 Å². The number of nitrogens with zero attached hydrogens (tertiary/aromatic N) is 5. The summed E-state index contributed by atoms with van der Waals surface area (Å²) in [7, 11) is 2.04. The van der Waals surface area contributed by atoms with Crippen molar-refractivity contribution in [1.82, 2.24) is 25.3 Å². The Hall–Kier alpha value is -2.49. The highest BCUT2D eigenvalue weighted by molar-refractivity contribution is 14.0. The van der Waals surface area contributed by atoms with Gasteiger partial charge < -0.3 is 14.7 Å². The molecule has 1 N–H and O–H groups in total. The van der Waals surface area contributed by atoms with Gasteiger partial charge in [0.15, 0.2) is 11.8 Å². The quantitative estimate of drug-likeness (QED) is 0.299. The highest BCUT2D eigenvalue weighted by Gasteiger charge is 2.11. The fraction of sp³-hybridized carbons (Fsp3) is 0.333. The first-order valence-electron chi connectivity index (χ1n) is 9.45. The number of aromatic nitrogens is 3. The molecule has 2 aromatic heterocycles. The van der Waals surface area contributed by atoms with E-state index in [-0.39, 0.29) is 24.0 Å². The van der Waals surface area contributed by atoms with Gasteiger partial charge in [-0.15, -0.1) is 24.0 Å². The third-order valence-corrected chi connectivity index (χ3v) is 4.31. The van der Waals surface area contributed by atoms with Gasteiger partial charge in [0.2, 0.25) is 0 Å². The molecule has 0 saturated heterocycles. The van der Waals surface area contributed by atoms with Crippen molar-refractivity contribution in [3.8, 4) is 11.6 Å². The number of benzene rings is 1. The predicted octanol–water partition coefficient (Wildman–Crippen LogP) is 3.70. The molecule has 0 spiro atoms. The van der Waals surface area contributed by atoms with E-state index in [4.69, 9.17) is 9.52 Å². The van der Waals surface area contributed by atoms with Gasteiger partial charge in [-0.25, -0.2) is 0 Å². The van der Waals surface area contributed by atoms with Crippen molar-refractivity contribution in [3.63, 3.8) is 0 Å². The molecule has 0 atom stereocenters. The highest BCUT2D eigenvalue weighted by atomic mass is 127. The largest absolute Gasteiger partial charge is 0.357 e. The zero-order valence-corrected chi connectivity index (χ0v) is 19.3. The molecule has 0 radical (unpaired) electrons. The number of hydrogen-bond donors (Lipinski definition) is 1. The fourth-order valence-corrected chi connectivity index (χ4v) is 2.80. The fourth-order valence-electron chi connectivity index (χ4n) is 2.80. The second-order valence-corrected chi connectivity index (χ2v) is 6.50. The maximum atomic E-state index is 5.30. The van der Waals surface area contributed by atoms with E-state index >= 15 is 0 Å². The second-order valence-electron chi connectivity index (χ2n) is 6.50. The molecule has 3 aromatic rings. The summed E-state index contributed by atoms with van der Waals surface area (Å²) in [6, 6.07) is 14.0. The van der Waals surface area contributed by atoms with Crippen LogP contribution in [0.15, 0.2) is 58.2 Å². The van der Waals surface area contributed by atoms with Crippen LogP contribution in [0.2, 0.25) is 0 Å². The van der Waals surface area contributed by atoms with E-state index in [0.29, 0.717) is 30.4 Å². The van der Waals surface area contributed by atoms with Gasteiger partial charge in [-0.2, -0.15) is 4.98 Å². The summed E-state index contributed by atoms with van der Waals surface area (Å²) in [5.41, 5.74) is 3.24. The molecule has 29 heavy (non-hydrogen) atoms. The Morgan fingerprint density at radius 1 is 1.17 bits per heavy atom. The number of aryl methyl sites for hydroxylation is 1. The standard InChI is InChI=1S/C21H26N6O.HI/c1-4-22-21(27(3)15-17-10-6-5-9-16(17)2)24-14-12-19-25-20(28-26-19)18-11-7-8-13-23-18;/h5-11,13H,4,12,14-15H2,1-3H3,(H,22,24);1H. The van der Waals surface area contributed by atoms with E-state index in [2.05, 4.69) is 63.5 Å². The highest BCUT2D eigenvalue weighted by Crippen LogP contribution is 2.13. The van der Waals surface area contributed by atoms with Crippen LogP contribution < -0.4 is 5.32 Å². The number of guanidine groups is 1. The van der Waals surface area contributed by atoms with Gasteiger partial charge in [0, 0.05) is 39.3 Å². The van der Waals surface area contributed by atoms with Gasteiger partial charge in [0.05, 0.1) is 0 Å². The van der Waals surface area contributed by atoms with Crippen LogP contribution in [-0.4, -0.2) is 46.1 Å². The third-order valence-electron chi connectivity index (χ3n) is 4.31.